The van der Waals surface area contributed by atoms with E-state index in [-0.39, 0.29) is 0 Å². The summed E-state index contributed by atoms with van der Waals surface area (Å²) in [6.45, 7) is 0. The second-order valence-electron chi connectivity index (χ2n) is 3.37. The Labute approximate surface area is 101 Å². The average molecular weight is 247 g/mol. The summed E-state index contributed by atoms with van der Waals surface area (Å²) in [5.41, 5.74) is 2.04. The largest absolute Gasteiger partial charge is 0.324 e. The van der Waals surface area contributed by atoms with Gasteiger partial charge in [-0.1, -0.05) is 22.9 Å². The highest BCUT2D eigenvalue weighted by atomic mass is 35.5. The quantitative estimate of drug-likeness (QED) is 0.724. The molecule has 17 heavy (non-hydrogen) atoms. The van der Waals surface area contributed by atoms with Crippen molar-refractivity contribution in [1.82, 2.24) is 25.4 Å². The maximum Gasteiger partial charge on any atom is 0.229 e. The molecule has 0 saturated carbocycles. The highest BCUT2D eigenvalue weighted by Crippen LogP contribution is 2.18. The minimum absolute atomic E-state index is 0.464. The Morgan fingerprint density at radius 1 is 1.29 bits per heavy atom. The van der Waals surface area contributed by atoms with Crippen LogP contribution in [0.2, 0.25) is 5.02 Å². The second-order valence-corrected chi connectivity index (χ2v) is 3.81. The maximum absolute atomic E-state index is 5.88. The number of benzene rings is 1. The van der Waals surface area contributed by atoms with Crippen LogP contribution in [0.25, 0.3) is 11.2 Å². The van der Waals surface area contributed by atoms with Gasteiger partial charge in [-0.25, -0.2) is 10.1 Å². The van der Waals surface area contributed by atoms with E-state index >= 15 is 0 Å². The third-order valence-corrected chi connectivity index (χ3v) is 2.40. The monoisotopic (exact) mass is 246 g/mol. The highest BCUT2D eigenvalue weighted by Gasteiger charge is 2.03. The molecule has 6 nitrogen and oxygen atoms in total. The number of fused-ring (bicyclic) bond motifs is 1. The first kappa shape index (κ1) is 9.98. The number of hydrogen-bond donors (Lipinski definition) is 2. The number of hydrogen-bond acceptors (Lipinski definition) is 5. The van der Waals surface area contributed by atoms with Crippen LogP contribution in [-0.2, 0) is 0 Å². The van der Waals surface area contributed by atoms with Crippen LogP contribution in [0, 0.1) is 0 Å². The van der Waals surface area contributed by atoms with Crippen molar-refractivity contribution in [2.45, 2.75) is 0 Å². The van der Waals surface area contributed by atoms with Gasteiger partial charge in [-0.3, -0.25) is 0 Å². The van der Waals surface area contributed by atoms with Crippen LogP contribution in [0.4, 0.5) is 11.6 Å². The zero-order valence-electron chi connectivity index (χ0n) is 8.55. The van der Waals surface area contributed by atoms with Gasteiger partial charge in [-0.2, -0.15) is 4.98 Å². The van der Waals surface area contributed by atoms with Gasteiger partial charge in [0.1, 0.15) is 5.52 Å². The van der Waals surface area contributed by atoms with E-state index in [9.17, 15) is 0 Å². The van der Waals surface area contributed by atoms with E-state index in [0.717, 1.165) is 5.69 Å². The molecule has 84 valence electrons. The van der Waals surface area contributed by atoms with Gasteiger partial charge in [-0.05, 0) is 18.2 Å². The standard InChI is InChI=1S/C10H7ClN6/c11-6-2-1-3-7(4-6)13-10-12-5-8-9(14-10)16-17-15-8/h1-5H,(H2,12,13,14,15,16,17). The topological polar surface area (TPSA) is 79.4 Å². The van der Waals surface area contributed by atoms with E-state index in [2.05, 4.69) is 30.7 Å². The predicted molar refractivity (Wildman–Crippen MR) is 64.2 cm³/mol. The Kier molecular flexibility index (Phi) is 2.34. The van der Waals surface area contributed by atoms with E-state index in [0.29, 0.717) is 22.1 Å². The van der Waals surface area contributed by atoms with Crippen molar-refractivity contribution in [2.24, 2.45) is 0 Å². The first-order valence-electron chi connectivity index (χ1n) is 4.88. The first-order chi connectivity index (χ1) is 8.31. The Morgan fingerprint density at radius 3 is 3.12 bits per heavy atom. The third kappa shape index (κ3) is 2.02. The summed E-state index contributed by atoms with van der Waals surface area (Å²) in [7, 11) is 0. The summed E-state index contributed by atoms with van der Waals surface area (Å²) in [5.74, 6) is 0.464. The molecule has 0 aliphatic carbocycles. The molecule has 0 aliphatic rings. The van der Waals surface area contributed by atoms with E-state index in [1.807, 2.05) is 12.1 Å². The number of nitrogens with one attached hydrogen (secondary N) is 2. The Balaban J connectivity index is 1.94. The molecule has 1 aromatic carbocycles. The zero-order valence-corrected chi connectivity index (χ0v) is 9.31. The van der Waals surface area contributed by atoms with E-state index in [1.54, 1.807) is 18.3 Å². The number of aromatic amines is 1. The van der Waals surface area contributed by atoms with Crippen molar-refractivity contribution in [3.8, 4) is 0 Å². The van der Waals surface area contributed by atoms with Crippen LogP contribution in [0.3, 0.4) is 0 Å². The van der Waals surface area contributed by atoms with Crippen molar-refractivity contribution in [3.05, 3.63) is 35.5 Å². The lowest BCUT2D eigenvalue weighted by Crippen LogP contribution is -1.96. The lowest BCUT2D eigenvalue weighted by atomic mass is 10.3. The minimum atomic E-state index is 0.464. The van der Waals surface area contributed by atoms with Crippen molar-refractivity contribution >= 4 is 34.4 Å². The molecule has 0 atom stereocenters. The Hall–Kier alpha value is -2.21. The molecule has 2 heterocycles. The molecule has 2 aromatic heterocycles. The molecule has 0 fully saturated rings. The fraction of sp³-hybridized carbons (Fsp3) is 0. The molecule has 0 saturated heterocycles. The Bertz CT molecular complexity index is 664. The summed E-state index contributed by atoms with van der Waals surface area (Å²) >= 11 is 5.88. The zero-order chi connectivity index (χ0) is 11.7. The molecule has 3 aromatic rings. The molecule has 0 spiro atoms. The SMILES string of the molecule is Clc1cccc(Nc2ncc3nn[nH]c3n2)c1. The molecule has 0 unspecified atom stereocenters. The fourth-order valence-corrected chi connectivity index (χ4v) is 1.60. The van der Waals surface area contributed by atoms with Gasteiger partial charge in [-0.15, -0.1) is 5.10 Å². The van der Waals surface area contributed by atoms with Gasteiger partial charge in [0.25, 0.3) is 0 Å². The van der Waals surface area contributed by atoms with E-state index < -0.39 is 0 Å². The predicted octanol–water partition coefficient (Wildman–Crippen LogP) is 2.14. The van der Waals surface area contributed by atoms with Gasteiger partial charge in [0.2, 0.25) is 5.95 Å². The first-order valence-corrected chi connectivity index (χ1v) is 5.25. The molecule has 2 N–H and O–H groups in total. The summed E-state index contributed by atoms with van der Waals surface area (Å²) < 4.78 is 0. The van der Waals surface area contributed by atoms with Gasteiger partial charge in [0, 0.05) is 10.7 Å². The molecule has 7 heteroatoms. The van der Waals surface area contributed by atoms with Crippen molar-refractivity contribution in [1.29, 1.82) is 0 Å². The summed E-state index contributed by atoms with van der Waals surface area (Å²) in [4.78, 5) is 8.33. The molecular formula is C10H7ClN6. The van der Waals surface area contributed by atoms with Crippen molar-refractivity contribution in [2.75, 3.05) is 5.32 Å². The maximum atomic E-state index is 5.88. The van der Waals surface area contributed by atoms with Crippen LogP contribution in [0.1, 0.15) is 0 Å². The van der Waals surface area contributed by atoms with Crippen molar-refractivity contribution in [3.63, 3.8) is 0 Å². The van der Waals surface area contributed by atoms with Crippen LogP contribution in [0.15, 0.2) is 30.5 Å². The number of anilines is 2. The van der Waals surface area contributed by atoms with Crippen LogP contribution in [0.5, 0.6) is 0 Å². The fourth-order valence-electron chi connectivity index (χ4n) is 1.41. The highest BCUT2D eigenvalue weighted by molar-refractivity contribution is 6.30. The lowest BCUT2D eigenvalue weighted by molar-refractivity contribution is 0.954. The number of halogens is 1. The smallest absolute Gasteiger partial charge is 0.229 e. The van der Waals surface area contributed by atoms with Crippen LogP contribution in [-0.4, -0.2) is 25.4 Å². The second kappa shape index (κ2) is 3.99. The van der Waals surface area contributed by atoms with E-state index in [4.69, 9.17) is 11.6 Å². The lowest BCUT2D eigenvalue weighted by Gasteiger charge is -2.03. The normalized spacial score (nSPS) is 10.6. The Morgan fingerprint density at radius 2 is 2.24 bits per heavy atom. The van der Waals surface area contributed by atoms with Gasteiger partial charge in [0.15, 0.2) is 5.65 Å². The summed E-state index contributed by atoms with van der Waals surface area (Å²) in [6, 6.07) is 7.32. The number of H-pyrrole nitrogens is 1. The van der Waals surface area contributed by atoms with Gasteiger partial charge in [0.05, 0.1) is 6.20 Å². The minimum Gasteiger partial charge on any atom is -0.324 e. The van der Waals surface area contributed by atoms with E-state index in [1.165, 1.54) is 0 Å². The number of rotatable bonds is 2. The molecular weight excluding hydrogens is 240 g/mol. The third-order valence-electron chi connectivity index (χ3n) is 2.16. The average Bonchev–Trinajstić information content (AvgIpc) is 2.76. The van der Waals surface area contributed by atoms with Crippen LogP contribution >= 0.6 is 11.6 Å². The molecule has 3 rings (SSSR count). The number of nitrogens with zero attached hydrogens (tertiary/aromatic N) is 4. The van der Waals surface area contributed by atoms with Crippen LogP contribution < -0.4 is 5.32 Å². The van der Waals surface area contributed by atoms with Gasteiger partial charge >= 0.3 is 0 Å². The molecule has 0 radical (unpaired) electrons. The van der Waals surface area contributed by atoms with Gasteiger partial charge < -0.3 is 5.32 Å². The molecule has 0 bridgehead atoms. The number of aromatic nitrogens is 5. The summed E-state index contributed by atoms with van der Waals surface area (Å²) in [6.07, 6.45) is 1.60. The molecule has 0 aliphatic heterocycles. The molecule has 0 amide bonds. The van der Waals surface area contributed by atoms with Crippen molar-refractivity contribution < 1.29 is 0 Å². The summed E-state index contributed by atoms with van der Waals surface area (Å²) in [5, 5.41) is 13.8.